The number of hydrogen-bond acceptors (Lipinski definition) is 5. The average Bonchev–Trinajstić information content (AvgIpc) is 3.31. The van der Waals surface area contributed by atoms with E-state index in [1.54, 1.807) is 19.5 Å². The highest BCUT2D eigenvalue weighted by Crippen LogP contribution is 2.36. The number of amides is 1. The molecule has 4 aromatic rings. The maximum atomic E-state index is 12.0. The molecule has 0 saturated carbocycles. The van der Waals surface area contributed by atoms with E-state index in [-0.39, 0.29) is 5.91 Å². The molecule has 3 aromatic heterocycles. The van der Waals surface area contributed by atoms with E-state index in [2.05, 4.69) is 32.9 Å². The second kappa shape index (κ2) is 9.49. The lowest BCUT2D eigenvalue weighted by atomic mass is 9.86. The third-order valence-corrected chi connectivity index (χ3v) is 6.21. The standard InChI is InChI=1S/C27H28N4O3/c1-5-24(32)31-21-11-18(10-20(14-21)27(33,6-2)7-3)19-12-22-23(16-30-26(22)29-15-19)17-8-9-28-25(13-17)34-4/h5,8-16,33H,1,6-7H2,2-4H3,(H,29,30)(H,31,32). The van der Waals surface area contributed by atoms with E-state index in [4.69, 9.17) is 4.74 Å². The summed E-state index contributed by atoms with van der Waals surface area (Å²) in [6.07, 6.45) is 7.72. The van der Waals surface area contributed by atoms with E-state index in [1.807, 2.05) is 50.4 Å². The molecule has 0 aliphatic carbocycles. The van der Waals surface area contributed by atoms with Crippen molar-refractivity contribution in [1.82, 2.24) is 15.0 Å². The zero-order valence-corrected chi connectivity index (χ0v) is 19.6. The number of hydrogen-bond donors (Lipinski definition) is 3. The zero-order chi connectivity index (χ0) is 24.3. The fraction of sp³-hybridized carbons (Fsp3) is 0.222. The van der Waals surface area contributed by atoms with E-state index in [0.717, 1.165) is 38.9 Å². The van der Waals surface area contributed by atoms with Crippen LogP contribution >= 0.6 is 0 Å². The fourth-order valence-corrected chi connectivity index (χ4v) is 4.08. The summed E-state index contributed by atoms with van der Waals surface area (Å²) in [4.78, 5) is 24.0. The quantitative estimate of drug-likeness (QED) is 0.307. The number of pyridine rings is 2. The average molecular weight is 457 g/mol. The molecular formula is C27H28N4O3. The molecule has 174 valence electrons. The summed E-state index contributed by atoms with van der Waals surface area (Å²) in [5.74, 6) is 0.220. The van der Waals surface area contributed by atoms with Crippen LogP contribution in [0.1, 0.15) is 32.3 Å². The van der Waals surface area contributed by atoms with Gasteiger partial charge >= 0.3 is 0 Å². The number of aliphatic hydroxyl groups is 1. The third-order valence-electron chi connectivity index (χ3n) is 6.21. The molecule has 0 aliphatic heterocycles. The first-order valence-corrected chi connectivity index (χ1v) is 11.2. The number of nitrogens with zero attached hydrogens (tertiary/aromatic N) is 2. The van der Waals surface area contributed by atoms with E-state index in [0.29, 0.717) is 24.4 Å². The minimum Gasteiger partial charge on any atom is -0.481 e. The van der Waals surface area contributed by atoms with Crippen LogP contribution in [0.25, 0.3) is 33.3 Å². The Balaban J connectivity index is 1.86. The van der Waals surface area contributed by atoms with Crippen LogP contribution in [-0.2, 0) is 10.4 Å². The van der Waals surface area contributed by atoms with Crippen molar-refractivity contribution in [3.63, 3.8) is 0 Å². The van der Waals surface area contributed by atoms with Gasteiger partial charge in [0.2, 0.25) is 11.8 Å². The number of carbonyl (C=O) groups excluding carboxylic acids is 1. The van der Waals surface area contributed by atoms with Gasteiger partial charge in [-0.15, -0.1) is 0 Å². The van der Waals surface area contributed by atoms with Crippen LogP contribution in [-0.4, -0.2) is 33.1 Å². The Morgan fingerprint density at radius 3 is 2.65 bits per heavy atom. The van der Waals surface area contributed by atoms with Crippen molar-refractivity contribution in [2.45, 2.75) is 32.3 Å². The van der Waals surface area contributed by atoms with Crippen LogP contribution in [0.5, 0.6) is 5.88 Å². The Kier molecular flexibility index (Phi) is 6.47. The number of aromatic amines is 1. The van der Waals surface area contributed by atoms with Crippen LogP contribution in [0.3, 0.4) is 0 Å². The molecule has 1 amide bonds. The number of aromatic nitrogens is 3. The van der Waals surface area contributed by atoms with Gasteiger partial charge in [-0.25, -0.2) is 9.97 Å². The highest BCUT2D eigenvalue weighted by molar-refractivity contribution is 6.00. The Morgan fingerprint density at radius 1 is 1.15 bits per heavy atom. The first-order chi connectivity index (χ1) is 16.4. The molecule has 0 fully saturated rings. The molecule has 7 heteroatoms. The Hall–Kier alpha value is -3.97. The summed E-state index contributed by atoms with van der Waals surface area (Å²) in [6, 6.07) is 11.5. The lowest BCUT2D eigenvalue weighted by Crippen LogP contribution is -2.24. The summed E-state index contributed by atoms with van der Waals surface area (Å²) < 4.78 is 5.28. The molecule has 0 bridgehead atoms. The minimum atomic E-state index is -1.01. The van der Waals surface area contributed by atoms with Gasteiger partial charge in [0.05, 0.1) is 12.7 Å². The highest BCUT2D eigenvalue weighted by Gasteiger charge is 2.26. The zero-order valence-electron chi connectivity index (χ0n) is 19.6. The fourth-order valence-electron chi connectivity index (χ4n) is 4.08. The number of carbonyl (C=O) groups is 1. The van der Waals surface area contributed by atoms with Crippen molar-refractivity contribution in [2.24, 2.45) is 0 Å². The number of anilines is 1. The summed E-state index contributed by atoms with van der Waals surface area (Å²) in [6.45, 7) is 7.42. The molecule has 0 aliphatic rings. The maximum absolute atomic E-state index is 12.0. The molecule has 3 N–H and O–H groups in total. The topological polar surface area (TPSA) is 100 Å². The number of fused-ring (bicyclic) bond motifs is 1. The Bertz CT molecular complexity index is 1360. The van der Waals surface area contributed by atoms with Crippen molar-refractivity contribution < 1.29 is 14.6 Å². The second-order valence-electron chi connectivity index (χ2n) is 8.14. The molecule has 7 nitrogen and oxygen atoms in total. The van der Waals surface area contributed by atoms with Crippen LogP contribution in [0.15, 0.2) is 67.6 Å². The molecule has 4 rings (SSSR count). The monoisotopic (exact) mass is 456 g/mol. The van der Waals surface area contributed by atoms with Crippen LogP contribution in [0, 0.1) is 0 Å². The van der Waals surface area contributed by atoms with Crippen LogP contribution in [0.2, 0.25) is 0 Å². The number of H-pyrrole nitrogens is 1. The van der Waals surface area contributed by atoms with E-state index in [1.165, 1.54) is 6.08 Å². The first kappa shape index (κ1) is 23.2. The van der Waals surface area contributed by atoms with Gasteiger partial charge in [0.1, 0.15) is 5.65 Å². The second-order valence-corrected chi connectivity index (χ2v) is 8.14. The SMILES string of the molecule is C=CC(=O)Nc1cc(-c2cnc3[nH]cc(-c4ccnc(OC)c4)c3c2)cc(C(O)(CC)CC)c1. The number of rotatable bonds is 8. The van der Waals surface area contributed by atoms with Gasteiger partial charge in [-0.3, -0.25) is 4.79 Å². The van der Waals surface area contributed by atoms with Gasteiger partial charge in [-0.1, -0.05) is 20.4 Å². The summed E-state index contributed by atoms with van der Waals surface area (Å²) >= 11 is 0. The molecule has 0 unspecified atom stereocenters. The van der Waals surface area contributed by atoms with Crippen molar-refractivity contribution in [2.75, 3.05) is 12.4 Å². The number of ether oxygens (including phenoxy) is 1. The van der Waals surface area contributed by atoms with E-state index >= 15 is 0 Å². The predicted molar refractivity (Wildman–Crippen MR) is 135 cm³/mol. The molecule has 3 heterocycles. The summed E-state index contributed by atoms with van der Waals surface area (Å²) in [5, 5.41) is 15.0. The first-order valence-electron chi connectivity index (χ1n) is 11.2. The lowest BCUT2D eigenvalue weighted by molar-refractivity contribution is -0.111. The molecule has 34 heavy (non-hydrogen) atoms. The molecule has 1 aromatic carbocycles. The lowest BCUT2D eigenvalue weighted by Gasteiger charge is -2.27. The van der Waals surface area contributed by atoms with Crippen LogP contribution < -0.4 is 10.1 Å². The van der Waals surface area contributed by atoms with Gasteiger partial charge < -0.3 is 20.1 Å². The number of benzene rings is 1. The van der Waals surface area contributed by atoms with E-state index < -0.39 is 5.60 Å². The van der Waals surface area contributed by atoms with Gasteiger partial charge in [0.25, 0.3) is 0 Å². The number of nitrogens with one attached hydrogen (secondary N) is 2. The van der Waals surface area contributed by atoms with Crippen molar-refractivity contribution in [1.29, 1.82) is 0 Å². The normalized spacial score (nSPS) is 11.4. The minimum absolute atomic E-state index is 0.312. The summed E-state index contributed by atoms with van der Waals surface area (Å²) in [7, 11) is 1.59. The predicted octanol–water partition coefficient (Wildman–Crippen LogP) is 5.43. The van der Waals surface area contributed by atoms with Crippen LogP contribution in [0.4, 0.5) is 5.69 Å². The maximum Gasteiger partial charge on any atom is 0.247 e. The van der Waals surface area contributed by atoms with Gasteiger partial charge in [-0.05, 0) is 65.9 Å². The van der Waals surface area contributed by atoms with Gasteiger partial charge in [0, 0.05) is 46.9 Å². The van der Waals surface area contributed by atoms with Crippen molar-refractivity contribution in [3.05, 3.63) is 73.2 Å². The van der Waals surface area contributed by atoms with Crippen molar-refractivity contribution >= 4 is 22.6 Å². The van der Waals surface area contributed by atoms with Gasteiger partial charge in [-0.2, -0.15) is 0 Å². The smallest absolute Gasteiger partial charge is 0.247 e. The Morgan fingerprint density at radius 2 is 1.94 bits per heavy atom. The largest absolute Gasteiger partial charge is 0.481 e. The van der Waals surface area contributed by atoms with Gasteiger partial charge in [0.15, 0.2) is 0 Å². The van der Waals surface area contributed by atoms with Crippen molar-refractivity contribution in [3.8, 4) is 28.1 Å². The summed E-state index contributed by atoms with van der Waals surface area (Å²) in [5.41, 5.74) is 4.70. The molecule has 0 atom stereocenters. The molecule has 0 radical (unpaired) electrons. The Labute approximate surface area is 198 Å². The highest BCUT2D eigenvalue weighted by atomic mass is 16.5. The number of methoxy groups -OCH3 is 1. The molecular weight excluding hydrogens is 428 g/mol. The third kappa shape index (κ3) is 4.43. The molecule has 0 saturated heterocycles. The van der Waals surface area contributed by atoms with E-state index in [9.17, 15) is 9.90 Å². The molecule has 0 spiro atoms.